The van der Waals surface area contributed by atoms with E-state index in [1.54, 1.807) is 31.2 Å². The number of benzene rings is 2. The third kappa shape index (κ3) is 6.56. The van der Waals surface area contributed by atoms with E-state index in [9.17, 15) is 13.2 Å². The molecule has 0 unspecified atom stereocenters. The molecule has 0 saturated heterocycles. The highest BCUT2D eigenvalue weighted by Crippen LogP contribution is 2.21. The lowest BCUT2D eigenvalue weighted by Gasteiger charge is -2.20. The summed E-state index contributed by atoms with van der Waals surface area (Å²) in [5.74, 6) is 0.322. The van der Waals surface area contributed by atoms with Crippen molar-refractivity contribution in [2.45, 2.75) is 38.8 Å². The molecule has 2 atom stereocenters. The zero-order valence-corrected chi connectivity index (χ0v) is 17.6. The number of carbonyl (C=O) groups excluding carboxylic acids is 1. The van der Waals surface area contributed by atoms with Crippen LogP contribution in [-0.4, -0.2) is 39.8 Å². The molecule has 1 amide bonds. The number of ether oxygens (including phenoxy) is 1. The largest absolute Gasteiger partial charge is 0.481 e. The van der Waals surface area contributed by atoms with E-state index in [1.807, 2.05) is 25.1 Å². The minimum Gasteiger partial charge on any atom is -0.481 e. The normalized spacial score (nSPS) is 13.4. The second kappa shape index (κ2) is 9.59. The molecule has 1 N–H and O–H groups in total. The maximum absolute atomic E-state index is 12.4. The Hall–Kier alpha value is -2.54. The summed E-state index contributed by atoms with van der Waals surface area (Å²) in [6, 6.07) is 16.8. The van der Waals surface area contributed by atoms with Crippen LogP contribution in [0, 0.1) is 0 Å². The van der Waals surface area contributed by atoms with Crippen LogP contribution in [0.5, 0.6) is 5.75 Å². The van der Waals surface area contributed by atoms with Crippen molar-refractivity contribution >= 4 is 21.6 Å². The van der Waals surface area contributed by atoms with Crippen molar-refractivity contribution in [1.29, 1.82) is 0 Å². The maximum atomic E-state index is 12.4. The summed E-state index contributed by atoms with van der Waals surface area (Å²) < 4.78 is 30.0. The van der Waals surface area contributed by atoms with E-state index in [2.05, 4.69) is 17.4 Å². The predicted molar refractivity (Wildman–Crippen MR) is 112 cm³/mol. The highest BCUT2D eigenvalue weighted by atomic mass is 32.2. The smallest absolute Gasteiger partial charge is 0.260 e. The molecule has 0 spiro atoms. The van der Waals surface area contributed by atoms with Crippen LogP contribution in [-0.2, 0) is 21.2 Å². The van der Waals surface area contributed by atoms with Crippen molar-refractivity contribution in [3.8, 4) is 5.75 Å². The maximum Gasteiger partial charge on any atom is 0.260 e. The Morgan fingerprint density at radius 3 is 2.25 bits per heavy atom. The van der Waals surface area contributed by atoms with E-state index >= 15 is 0 Å². The van der Waals surface area contributed by atoms with E-state index in [1.165, 1.54) is 16.9 Å². The van der Waals surface area contributed by atoms with Crippen LogP contribution in [0.2, 0.25) is 0 Å². The lowest BCUT2D eigenvalue weighted by Crippen LogP contribution is -2.41. The van der Waals surface area contributed by atoms with Crippen LogP contribution in [0.25, 0.3) is 0 Å². The Morgan fingerprint density at radius 2 is 1.68 bits per heavy atom. The van der Waals surface area contributed by atoms with Gasteiger partial charge in [0.25, 0.3) is 5.91 Å². The van der Waals surface area contributed by atoms with Crippen LogP contribution < -0.4 is 14.4 Å². The lowest BCUT2D eigenvalue weighted by atomic mass is 10.1. The molecule has 152 valence electrons. The first kappa shape index (κ1) is 21.8. The molecular weight excluding hydrogens is 376 g/mol. The average molecular weight is 405 g/mol. The topological polar surface area (TPSA) is 75.7 Å². The number of nitrogens with zero attached hydrogens (tertiary/aromatic N) is 1. The van der Waals surface area contributed by atoms with E-state index in [0.717, 1.165) is 19.1 Å². The highest BCUT2D eigenvalue weighted by Gasteiger charge is 2.17. The molecule has 2 aromatic rings. The Balaban J connectivity index is 1.84. The zero-order valence-electron chi connectivity index (χ0n) is 16.8. The Morgan fingerprint density at radius 1 is 1.07 bits per heavy atom. The van der Waals surface area contributed by atoms with Gasteiger partial charge in [-0.1, -0.05) is 30.3 Å². The minimum absolute atomic E-state index is 0.0320. The third-order valence-corrected chi connectivity index (χ3v) is 5.68. The van der Waals surface area contributed by atoms with Crippen molar-refractivity contribution in [3.63, 3.8) is 0 Å². The van der Waals surface area contributed by atoms with Gasteiger partial charge in [-0.2, -0.15) is 0 Å². The monoisotopic (exact) mass is 404 g/mol. The second-order valence-corrected chi connectivity index (χ2v) is 8.93. The summed E-state index contributed by atoms with van der Waals surface area (Å²) in [4.78, 5) is 12.4. The van der Waals surface area contributed by atoms with Crippen LogP contribution in [0.3, 0.4) is 0 Å². The quantitative estimate of drug-likeness (QED) is 0.697. The molecule has 2 rings (SSSR count). The van der Waals surface area contributed by atoms with E-state index in [4.69, 9.17) is 4.74 Å². The average Bonchev–Trinajstić information content (AvgIpc) is 2.66. The molecule has 0 aliphatic rings. The molecule has 0 heterocycles. The molecule has 0 aliphatic carbocycles. The van der Waals surface area contributed by atoms with Crippen molar-refractivity contribution in [1.82, 2.24) is 5.32 Å². The predicted octanol–water partition coefficient (Wildman–Crippen LogP) is 2.99. The summed E-state index contributed by atoms with van der Waals surface area (Å²) >= 11 is 0. The number of rotatable bonds is 9. The molecular formula is C21H28N2O4S. The van der Waals surface area contributed by atoms with Crippen LogP contribution in [0.4, 0.5) is 5.69 Å². The van der Waals surface area contributed by atoms with E-state index in [0.29, 0.717) is 11.4 Å². The SMILES string of the molecule is C[C@H](CCc1ccccc1)NC(=O)[C@H](C)Oc1ccc(N(C)S(C)(=O)=O)cc1. The lowest BCUT2D eigenvalue weighted by molar-refractivity contribution is -0.127. The standard InChI is InChI=1S/C21H28N2O4S/c1-16(10-11-18-8-6-5-7-9-18)22-21(24)17(2)27-20-14-12-19(13-15-20)23(3)28(4,25)26/h5-9,12-17H,10-11H2,1-4H3,(H,22,24)/t16-,17+/m1/s1. The van der Waals surface area contributed by atoms with Gasteiger partial charge in [-0.05, 0) is 56.5 Å². The molecule has 0 aliphatic heterocycles. The van der Waals surface area contributed by atoms with Crippen LogP contribution in [0.15, 0.2) is 54.6 Å². The number of carbonyl (C=O) groups is 1. The Kier molecular flexibility index (Phi) is 7.45. The van der Waals surface area contributed by atoms with Crippen molar-refractivity contribution in [3.05, 3.63) is 60.2 Å². The molecule has 0 aromatic heterocycles. The molecule has 0 saturated carbocycles. The van der Waals surface area contributed by atoms with Gasteiger partial charge in [0.15, 0.2) is 6.10 Å². The first-order valence-electron chi connectivity index (χ1n) is 9.21. The molecule has 0 radical (unpaired) electrons. The molecule has 0 fully saturated rings. The summed E-state index contributed by atoms with van der Waals surface area (Å²) in [7, 11) is -1.83. The van der Waals surface area contributed by atoms with Crippen LogP contribution >= 0.6 is 0 Å². The Bertz CT molecular complexity index is 867. The summed E-state index contributed by atoms with van der Waals surface area (Å²) in [5, 5.41) is 2.97. The van der Waals surface area contributed by atoms with Gasteiger partial charge in [-0.25, -0.2) is 8.42 Å². The number of sulfonamides is 1. The zero-order chi connectivity index (χ0) is 20.7. The van der Waals surface area contributed by atoms with E-state index in [-0.39, 0.29) is 11.9 Å². The third-order valence-electron chi connectivity index (χ3n) is 4.48. The van der Waals surface area contributed by atoms with Crippen LogP contribution in [0.1, 0.15) is 25.8 Å². The second-order valence-electron chi connectivity index (χ2n) is 6.92. The minimum atomic E-state index is -3.32. The number of hydrogen-bond donors (Lipinski definition) is 1. The van der Waals surface area contributed by atoms with Gasteiger partial charge < -0.3 is 10.1 Å². The number of aryl methyl sites for hydroxylation is 1. The fraction of sp³-hybridized carbons (Fsp3) is 0.381. The van der Waals surface area contributed by atoms with Gasteiger partial charge in [0.05, 0.1) is 11.9 Å². The van der Waals surface area contributed by atoms with Gasteiger partial charge in [0.2, 0.25) is 10.0 Å². The molecule has 0 bridgehead atoms. The Labute approximate surface area is 167 Å². The molecule has 7 heteroatoms. The summed E-state index contributed by atoms with van der Waals surface area (Å²) in [5.41, 5.74) is 1.77. The summed E-state index contributed by atoms with van der Waals surface area (Å²) in [6.07, 6.45) is 2.22. The van der Waals surface area contributed by atoms with E-state index < -0.39 is 16.1 Å². The molecule has 6 nitrogen and oxygen atoms in total. The number of nitrogens with one attached hydrogen (secondary N) is 1. The number of hydrogen-bond acceptors (Lipinski definition) is 4. The number of anilines is 1. The molecule has 28 heavy (non-hydrogen) atoms. The fourth-order valence-corrected chi connectivity index (χ4v) is 3.15. The number of amides is 1. The van der Waals surface area contributed by atoms with Crippen molar-refractivity contribution < 1.29 is 17.9 Å². The first-order chi connectivity index (χ1) is 13.2. The van der Waals surface area contributed by atoms with Gasteiger partial charge in [0, 0.05) is 13.1 Å². The first-order valence-corrected chi connectivity index (χ1v) is 11.1. The molecule has 2 aromatic carbocycles. The van der Waals surface area contributed by atoms with Gasteiger partial charge >= 0.3 is 0 Å². The van der Waals surface area contributed by atoms with Gasteiger partial charge in [-0.3, -0.25) is 9.10 Å². The van der Waals surface area contributed by atoms with Gasteiger partial charge in [0.1, 0.15) is 5.75 Å². The summed E-state index contributed by atoms with van der Waals surface area (Å²) in [6.45, 7) is 3.67. The van der Waals surface area contributed by atoms with Gasteiger partial charge in [-0.15, -0.1) is 0 Å². The highest BCUT2D eigenvalue weighted by molar-refractivity contribution is 7.92. The van der Waals surface area contributed by atoms with Crippen molar-refractivity contribution in [2.24, 2.45) is 0 Å². The fourth-order valence-electron chi connectivity index (χ4n) is 2.64. The van der Waals surface area contributed by atoms with Crippen molar-refractivity contribution in [2.75, 3.05) is 17.6 Å².